The van der Waals surface area contributed by atoms with Crippen LogP contribution in [0, 0.1) is 29.6 Å². The number of benzene rings is 1. The maximum absolute atomic E-state index is 14.3. The molecule has 1 N–H and O–H groups in total. The normalized spacial score (nSPS) is 33.9. The van der Waals surface area contributed by atoms with Gasteiger partial charge in [0.15, 0.2) is 0 Å². The van der Waals surface area contributed by atoms with Crippen molar-refractivity contribution in [1.29, 1.82) is 0 Å². The van der Waals surface area contributed by atoms with Crippen LogP contribution in [0.15, 0.2) is 42.5 Å². The van der Waals surface area contributed by atoms with Crippen LogP contribution in [0.4, 0.5) is 0 Å². The molecule has 222 valence electrons. The molecule has 7 nitrogen and oxygen atoms in total. The summed E-state index contributed by atoms with van der Waals surface area (Å²) in [5.41, 5.74) is 2.33. The number of phenols is 1. The van der Waals surface area contributed by atoms with Gasteiger partial charge in [0.1, 0.15) is 5.75 Å². The largest absolute Gasteiger partial charge is 0.507 e. The fourth-order valence-electron chi connectivity index (χ4n) is 9.57. The summed E-state index contributed by atoms with van der Waals surface area (Å²) in [6, 6.07) is 5.52. The van der Waals surface area contributed by atoms with Gasteiger partial charge in [0, 0.05) is 23.6 Å². The molecule has 0 aromatic heterocycles. The molecule has 6 unspecified atom stereocenters. The molecule has 7 heteroatoms. The molecule has 0 radical (unpaired) electrons. The second-order valence-corrected chi connectivity index (χ2v) is 13.5. The molecule has 4 amide bonds. The lowest BCUT2D eigenvalue weighted by atomic mass is 9.57. The lowest BCUT2D eigenvalue weighted by Gasteiger charge is -2.44. The number of carbonyl (C=O) groups excluding carboxylic acids is 4. The Morgan fingerprint density at radius 3 is 1.98 bits per heavy atom. The van der Waals surface area contributed by atoms with Crippen LogP contribution in [0.1, 0.15) is 94.1 Å². The van der Waals surface area contributed by atoms with E-state index in [0.717, 1.165) is 75.3 Å². The first-order chi connectivity index (χ1) is 20.4. The summed E-state index contributed by atoms with van der Waals surface area (Å²) in [7, 11) is 0. The third-order valence-electron chi connectivity index (χ3n) is 11.4. The second kappa shape index (κ2) is 10.8. The predicted octanol–water partition coefficient (Wildman–Crippen LogP) is 5.42. The van der Waals surface area contributed by atoms with Crippen molar-refractivity contribution < 1.29 is 24.3 Å². The van der Waals surface area contributed by atoms with Crippen molar-refractivity contribution in [1.82, 2.24) is 9.80 Å². The Balaban J connectivity index is 1.31. The number of hydrogen-bond donors (Lipinski definition) is 1. The SMILES string of the molecule is C=CCc1cccc(C2C3=CCC4C(=O)N(C5CCCCC5)C(=O)C4C3CC3C(=O)N(C4CCCCC4)C(=O)C32)c1O. The molecule has 0 spiro atoms. The highest BCUT2D eigenvalue weighted by Crippen LogP contribution is 2.59. The van der Waals surface area contributed by atoms with Crippen molar-refractivity contribution in [3.8, 4) is 5.75 Å². The molecule has 6 aliphatic rings. The molecule has 2 aliphatic heterocycles. The number of likely N-dealkylation sites (tertiary alicyclic amines) is 2. The lowest BCUT2D eigenvalue weighted by molar-refractivity contribution is -0.145. The van der Waals surface area contributed by atoms with E-state index in [1.807, 2.05) is 18.2 Å². The van der Waals surface area contributed by atoms with Crippen molar-refractivity contribution >= 4 is 23.6 Å². The highest BCUT2D eigenvalue weighted by atomic mass is 16.3. The van der Waals surface area contributed by atoms with Gasteiger partial charge in [-0.3, -0.25) is 29.0 Å². The molecule has 6 atom stereocenters. The minimum absolute atomic E-state index is 0.0314. The fourth-order valence-corrected chi connectivity index (χ4v) is 9.57. The van der Waals surface area contributed by atoms with Crippen LogP contribution < -0.4 is 0 Å². The van der Waals surface area contributed by atoms with Gasteiger partial charge in [0.05, 0.1) is 23.7 Å². The molecule has 2 heterocycles. The molecular weight excluding hydrogens is 528 g/mol. The van der Waals surface area contributed by atoms with Crippen molar-refractivity contribution in [3.63, 3.8) is 0 Å². The van der Waals surface area contributed by atoms with E-state index in [9.17, 15) is 24.3 Å². The summed E-state index contributed by atoms with van der Waals surface area (Å²) in [6.45, 7) is 3.84. The number of allylic oxidation sites excluding steroid dienone is 3. The topological polar surface area (TPSA) is 95.0 Å². The zero-order chi connectivity index (χ0) is 29.1. The summed E-state index contributed by atoms with van der Waals surface area (Å²) in [4.78, 5) is 59.5. The molecule has 1 aromatic rings. The summed E-state index contributed by atoms with van der Waals surface area (Å²) >= 11 is 0. The first-order valence-electron chi connectivity index (χ1n) is 16.3. The number of rotatable bonds is 5. The van der Waals surface area contributed by atoms with Gasteiger partial charge in [-0.15, -0.1) is 6.58 Å². The molecule has 1 aromatic carbocycles. The van der Waals surface area contributed by atoms with E-state index in [-0.39, 0.29) is 47.4 Å². The fraction of sp³-hybridized carbons (Fsp3) is 0.600. The number of amides is 4. The van der Waals surface area contributed by atoms with E-state index in [4.69, 9.17) is 0 Å². The molecule has 0 bridgehead atoms. The van der Waals surface area contributed by atoms with Gasteiger partial charge in [-0.25, -0.2) is 0 Å². The first kappa shape index (κ1) is 27.6. The molecule has 3 saturated carbocycles. The minimum Gasteiger partial charge on any atom is -0.507 e. The zero-order valence-electron chi connectivity index (χ0n) is 24.4. The Morgan fingerprint density at radius 2 is 1.36 bits per heavy atom. The Kier molecular flexibility index (Phi) is 7.10. The van der Waals surface area contributed by atoms with Crippen molar-refractivity contribution in [3.05, 3.63) is 53.6 Å². The summed E-state index contributed by atoms with van der Waals surface area (Å²) in [6.07, 6.45) is 14.9. The number of fused-ring (bicyclic) bond motifs is 4. The van der Waals surface area contributed by atoms with E-state index in [1.165, 1.54) is 0 Å². The van der Waals surface area contributed by atoms with Crippen LogP contribution in [-0.2, 0) is 25.6 Å². The minimum atomic E-state index is -0.606. The van der Waals surface area contributed by atoms with Gasteiger partial charge in [-0.1, -0.05) is 74.4 Å². The van der Waals surface area contributed by atoms with Crippen LogP contribution >= 0.6 is 0 Å². The number of phenolic OH excluding ortho intramolecular Hbond substituents is 1. The van der Waals surface area contributed by atoms with E-state index in [2.05, 4.69) is 12.7 Å². The molecular formula is C35H42N2O5. The standard InChI is InChI=1S/C35H42N2O5/c1-2-10-20-11-9-16-24(31(20)38)28-23-17-18-25-29(34(41)36(32(25)39)21-12-5-3-6-13-21)26(23)19-27-30(28)35(42)37(33(27)40)22-14-7-4-8-15-22/h2,9,11,16-17,21-22,25-30,38H,1,3-8,10,12-15,18-19H2. The summed E-state index contributed by atoms with van der Waals surface area (Å²) in [5.74, 6) is -3.14. The zero-order valence-corrected chi connectivity index (χ0v) is 24.4. The Bertz CT molecular complexity index is 1350. The number of nitrogens with zero attached hydrogens (tertiary/aromatic N) is 2. The quantitative estimate of drug-likeness (QED) is 0.377. The number of imide groups is 2. The molecule has 4 aliphatic carbocycles. The maximum Gasteiger partial charge on any atom is 0.234 e. The Hall–Kier alpha value is -3.22. The van der Waals surface area contributed by atoms with Gasteiger partial charge in [0.25, 0.3) is 0 Å². The van der Waals surface area contributed by atoms with Crippen molar-refractivity contribution in [2.45, 2.75) is 101 Å². The van der Waals surface area contributed by atoms with Crippen molar-refractivity contribution in [2.75, 3.05) is 0 Å². The van der Waals surface area contributed by atoms with Gasteiger partial charge in [-0.05, 0) is 56.4 Å². The lowest BCUT2D eigenvalue weighted by Crippen LogP contribution is -2.44. The van der Waals surface area contributed by atoms with Crippen LogP contribution in [0.2, 0.25) is 0 Å². The molecule has 5 fully saturated rings. The number of carbonyl (C=O) groups is 4. The monoisotopic (exact) mass is 570 g/mol. The maximum atomic E-state index is 14.3. The molecule has 2 saturated heterocycles. The highest BCUT2D eigenvalue weighted by molar-refractivity contribution is 6.08. The van der Waals surface area contributed by atoms with Crippen LogP contribution in [0.25, 0.3) is 0 Å². The van der Waals surface area contributed by atoms with Crippen molar-refractivity contribution in [2.24, 2.45) is 29.6 Å². The summed E-state index contributed by atoms with van der Waals surface area (Å²) in [5, 5.41) is 11.5. The second-order valence-electron chi connectivity index (χ2n) is 13.5. The van der Waals surface area contributed by atoms with Crippen LogP contribution in [0.5, 0.6) is 5.75 Å². The van der Waals surface area contributed by atoms with Crippen LogP contribution in [0.3, 0.4) is 0 Å². The van der Waals surface area contributed by atoms with Gasteiger partial charge >= 0.3 is 0 Å². The average Bonchev–Trinajstić information content (AvgIpc) is 3.42. The van der Waals surface area contributed by atoms with E-state index >= 15 is 0 Å². The Morgan fingerprint density at radius 1 is 0.762 bits per heavy atom. The third-order valence-corrected chi connectivity index (χ3v) is 11.4. The summed E-state index contributed by atoms with van der Waals surface area (Å²) < 4.78 is 0. The Labute approximate surface area is 248 Å². The predicted molar refractivity (Wildman–Crippen MR) is 157 cm³/mol. The van der Waals surface area contributed by atoms with E-state index < -0.39 is 29.6 Å². The number of para-hydroxylation sites is 1. The van der Waals surface area contributed by atoms with E-state index in [1.54, 1.807) is 15.9 Å². The van der Waals surface area contributed by atoms with Gasteiger partial charge < -0.3 is 5.11 Å². The highest BCUT2D eigenvalue weighted by Gasteiger charge is 2.63. The number of aromatic hydroxyl groups is 1. The number of hydrogen-bond acceptors (Lipinski definition) is 5. The molecule has 7 rings (SSSR count). The molecule has 42 heavy (non-hydrogen) atoms. The van der Waals surface area contributed by atoms with Gasteiger partial charge in [0.2, 0.25) is 23.6 Å². The smallest absolute Gasteiger partial charge is 0.234 e. The third kappa shape index (κ3) is 4.13. The van der Waals surface area contributed by atoms with Crippen LogP contribution in [-0.4, -0.2) is 50.6 Å². The van der Waals surface area contributed by atoms with E-state index in [0.29, 0.717) is 24.8 Å². The van der Waals surface area contributed by atoms with Gasteiger partial charge in [-0.2, -0.15) is 0 Å². The average molecular weight is 571 g/mol. The first-order valence-corrected chi connectivity index (χ1v) is 16.3.